The summed E-state index contributed by atoms with van der Waals surface area (Å²) in [7, 11) is 0. The van der Waals surface area contributed by atoms with Gasteiger partial charge in [0.15, 0.2) is 0 Å². The van der Waals surface area contributed by atoms with Gasteiger partial charge >= 0.3 is 12.0 Å². The van der Waals surface area contributed by atoms with Crippen molar-refractivity contribution in [3.05, 3.63) is 29.8 Å². The first-order valence-corrected chi connectivity index (χ1v) is 5.59. The summed E-state index contributed by atoms with van der Waals surface area (Å²) in [6, 6.07) is 6.40. The maximum Gasteiger partial charge on any atom is 0.483 e. The number of hydrazine groups is 1. The molecule has 0 bridgehead atoms. The fourth-order valence-electron chi connectivity index (χ4n) is 1.47. The van der Waals surface area contributed by atoms with Crippen molar-refractivity contribution in [1.82, 2.24) is 5.43 Å². The first kappa shape index (κ1) is 14.4. The minimum Gasteiger partial charge on any atom is -0.425 e. The predicted octanol–water partition coefficient (Wildman–Crippen LogP) is 2.16. The molecular formula is C12H16F2N2O2. The lowest BCUT2D eigenvalue weighted by molar-refractivity contribution is -0.193. The Labute approximate surface area is 104 Å². The standard InChI is InChI=1S/C12H16F2N2O2/c1-3-8(2)9-6-4-5-7-10(9)18-12(13,14)11(17)16-15/h4-8H,3,15H2,1-2H3,(H,16,17). The molecule has 0 heterocycles. The molecule has 0 aliphatic carbocycles. The van der Waals surface area contributed by atoms with Gasteiger partial charge in [0, 0.05) is 0 Å². The molecule has 4 nitrogen and oxygen atoms in total. The van der Waals surface area contributed by atoms with Crippen molar-refractivity contribution in [2.45, 2.75) is 32.3 Å². The molecule has 1 atom stereocenters. The number of rotatable bonds is 5. The van der Waals surface area contributed by atoms with Gasteiger partial charge in [-0.25, -0.2) is 5.84 Å². The predicted molar refractivity (Wildman–Crippen MR) is 63.1 cm³/mol. The molecule has 18 heavy (non-hydrogen) atoms. The Morgan fingerprint density at radius 1 is 1.50 bits per heavy atom. The van der Waals surface area contributed by atoms with Crippen molar-refractivity contribution >= 4 is 5.91 Å². The Morgan fingerprint density at radius 3 is 2.67 bits per heavy atom. The highest BCUT2D eigenvalue weighted by molar-refractivity contribution is 5.81. The summed E-state index contributed by atoms with van der Waals surface area (Å²) in [5, 5.41) is 0. The molecule has 0 saturated carbocycles. The third kappa shape index (κ3) is 3.16. The van der Waals surface area contributed by atoms with Gasteiger partial charge in [-0.15, -0.1) is 0 Å². The van der Waals surface area contributed by atoms with Gasteiger partial charge in [0.2, 0.25) is 0 Å². The molecule has 100 valence electrons. The van der Waals surface area contributed by atoms with Gasteiger partial charge < -0.3 is 4.74 Å². The summed E-state index contributed by atoms with van der Waals surface area (Å²) < 4.78 is 31.2. The third-order valence-corrected chi connectivity index (χ3v) is 2.70. The molecular weight excluding hydrogens is 242 g/mol. The maximum absolute atomic E-state index is 13.3. The monoisotopic (exact) mass is 258 g/mol. The number of carbonyl (C=O) groups is 1. The Balaban J connectivity index is 3.01. The molecule has 1 amide bonds. The fraction of sp³-hybridized carbons (Fsp3) is 0.417. The van der Waals surface area contributed by atoms with Crippen molar-refractivity contribution in [3.8, 4) is 5.75 Å². The van der Waals surface area contributed by atoms with E-state index in [0.29, 0.717) is 5.56 Å². The van der Waals surface area contributed by atoms with Crippen LogP contribution in [0, 0.1) is 0 Å². The van der Waals surface area contributed by atoms with Crippen LogP contribution in [-0.2, 0) is 4.79 Å². The van der Waals surface area contributed by atoms with Crippen LogP contribution in [0.4, 0.5) is 8.78 Å². The number of ether oxygens (including phenoxy) is 1. The number of halogens is 2. The van der Waals surface area contributed by atoms with Crippen molar-refractivity contribution < 1.29 is 18.3 Å². The summed E-state index contributed by atoms with van der Waals surface area (Å²) in [6.45, 7) is 3.83. The van der Waals surface area contributed by atoms with E-state index in [4.69, 9.17) is 0 Å². The zero-order chi connectivity index (χ0) is 13.8. The first-order valence-electron chi connectivity index (χ1n) is 5.59. The van der Waals surface area contributed by atoms with Crippen LogP contribution in [0.2, 0.25) is 0 Å². The summed E-state index contributed by atoms with van der Waals surface area (Å²) in [4.78, 5) is 10.9. The van der Waals surface area contributed by atoms with E-state index < -0.39 is 12.0 Å². The van der Waals surface area contributed by atoms with E-state index in [1.54, 1.807) is 18.2 Å². The summed E-state index contributed by atoms with van der Waals surface area (Å²) in [5.74, 6) is 3.04. The first-order chi connectivity index (χ1) is 8.42. The molecule has 6 heteroatoms. The summed E-state index contributed by atoms with van der Waals surface area (Å²) in [5.41, 5.74) is 2.00. The lowest BCUT2D eigenvalue weighted by atomic mass is 9.98. The van der Waals surface area contributed by atoms with Crippen LogP contribution in [0.1, 0.15) is 31.7 Å². The van der Waals surface area contributed by atoms with Crippen molar-refractivity contribution in [2.75, 3.05) is 0 Å². The highest BCUT2D eigenvalue weighted by Crippen LogP contribution is 2.31. The van der Waals surface area contributed by atoms with Crippen LogP contribution >= 0.6 is 0 Å². The maximum atomic E-state index is 13.3. The number of hydrogen-bond donors (Lipinski definition) is 2. The number of carbonyl (C=O) groups excluding carboxylic acids is 1. The number of nitrogens with one attached hydrogen (secondary N) is 1. The van der Waals surface area contributed by atoms with Crippen LogP contribution in [-0.4, -0.2) is 12.0 Å². The molecule has 0 radical (unpaired) electrons. The van der Waals surface area contributed by atoms with Gasteiger partial charge in [0.25, 0.3) is 0 Å². The number of amides is 1. The highest BCUT2D eigenvalue weighted by atomic mass is 19.3. The van der Waals surface area contributed by atoms with Crippen molar-refractivity contribution in [3.63, 3.8) is 0 Å². The topological polar surface area (TPSA) is 64.3 Å². The van der Waals surface area contributed by atoms with E-state index in [-0.39, 0.29) is 11.7 Å². The van der Waals surface area contributed by atoms with E-state index in [1.807, 2.05) is 13.8 Å². The van der Waals surface area contributed by atoms with Crippen LogP contribution < -0.4 is 16.0 Å². The number of benzene rings is 1. The van der Waals surface area contributed by atoms with Crippen molar-refractivity contribution in [2.24, 2.45) is 5.84 Å². The van der Waals surface area contributed by atoms with Gasteiger partial charge in [-0.3, -0.25) is 10.2 Å². The molecule has 1 rings (SSSR count). The quantitative estimate of drug-likeness (QED) is 0.483. The zero-order valence-electron chi connectivity index (χ0n) is 10.2. The van der Waals surface area contributed by atoms with Gasteiger partial charge in [-0.1, -0.05) is 32.0 Å². The Kier molecular flexibility index (Phi) is 4.61. The average Bonchev–Trinajstić information content (AvgIpc) is 2.37. The van der Waals surface area contributed by atoms with Gasteiger partial charge in [-0.05, 0) is 24.0 Å². The van der Waals surface area contributed by atoms with Crippen LogP contribution in [0.5, 0.6) is 5.75 Å². The molecule has 1 aromatic carbocycles. The molecule has 0 spiro atoms. The Hall–Kier alpha value is -1.69. The van der Waals surface area contributed by atoms with E-state index in [2.05, 4.69) is 10.6 Å². The molecule has 0 saturated heterocycles. The summed E-state index contributed by atoms with van der Waals surface area (Å²) >= 11 is 0. The number of para-hydroxylation sites is 1. The van der Waals surface area contributed by atoms with Gasteiger partial charge in [0.1, 0.15) is 5.75 Å². The SMILES string of the molecule is CCC(C)c1ccccc1OC(F)(F)C(=O)NN. The molecule has 0 aromatic heterocycles. The van der Waals surface area contributed by atoms with E-state index in [0.717, 1.165) is 6.42 Å². The van der Waals surface area contributed by atoms with E-state index in [1.165, 1.54) is 11.5 Å². The second kappa shape index (κ2) is 5.77. The second-order valence-corrected chi connectivity index (χ2v) is 3.94. The normalized spacial score (nSPS) is 12.9. The molecule has 0 aliphatic heterocycles. The van der Waals surface area contributed by atoms with E-state index >= 15 is 0 Å². The van der Waals surface area contributed by atoms with Crippen LogP contribution in [0.3, 0.4) is 0 Å². The highest BCUT2D eigenvalue weighted by Gasteiger charge is 2.42. The minimum atomic E-state index is -3.99. The third-order valence-electron chi connectivity index (χ3n) is 2.70. The number of alkyl halides is 2. The second-order valence-electron chi connectivity index (χ2n) is 3.94. The van der Waals surface area contributed by atoms with Gasteiger partial charge in [-0.2, -0.15) is 8.78 Å². The fourth-order valence-corrected chi connectivity index (χ4v) is 1.47. The lowest BCUT2D eigenvalue weighted by Crippen LogP contribution is -2.47. The Morgan fingerprint density at radius 2 is 2.11 bits per heavy atom. The number of hydrogen-bond acceptors (Lipinski definition) is 3. The largest absolute Gasteiger partial charge is 0.483 e. The van der Waals surface area contributed by atoms with Gasteiger partial charge in [0.05, 0.1) is 0 Å². The van der Waals surface area contributed by atoms with Crippen LogP contribution in [0.15, 0.2) is 24.3 Å². The van der Waals surface area contributed by atoms with E-state index in [9.17, 15) is 13.6 Å². The number of nitrogens with two attached hydrogens (primary N) is 1. The molecule has 0 fully saturated rings. The molecule has 3 N–H and O–H groups in total. The molecule has 0 aliphatic rings. The average molecular weight is 258 g/mol. The van der Waals surface area contributed by atoms with Crippen molar-refractivity contribution in [1.29, 1.82) is 0 Å². The van der Waals surface area contributed by atoms with Crippen LogP contribution in [0.25, 0.3) is 0 Å². The smallest absolute Gasteiger partial charge is 0.425 e. The zero-order valence-corrected chi connectivity index (χ0v) is 10.2. The Bertz CT molecular complexity index is 424. The molecule has 1 unspecified atom stereocenters. The molecule has 1 aromatic rings. The summed E-state index contributed by atoms with van der Waals surface area (Å²) in [6.07, 6.45) is -3.21. The lowest BCUT2D eigenvalue weighted by Gasteiger charge is -2.20. The minimum absolute atomic E-state index is 0.0135.